The molecule has 0 fully saturated rings. The third-order valence-electron chi connectivity index (χ3n) is 9.68. The third kappa shape index (κ3) is 11.6. The zero-order valence-corrected chi connectivity index (χ0v) is 32.9. The van der Waals surface area contributed by atoms with Crippen LogP contribution in [-0.4, -0.2) is 86.0 Å². The lowest BCUT2D eigenvalue weighted by Crippen LogP contribution is -2.26. The minimum absolute atomic E-state index is 0. The van der Waals surface area contributed by atoms with Crippen molar-refractivity contribution in [1.29, 1.82) is 0 Å². The molecular formula is C41H56N10O8. The lowest BCUT2D eigenvalue weighted by molar-refractivity contribution is -0.151. The number of hydrogen-bond acceptors (Lipinski definition) is 13. The maximum absolute atomic E-state index is 12.4. The van der Waals surface area contributed by atoms with Crippen LogP contribution in [-0.2, 0) is 45.9 Å². The minimum Gasteiger partial charge on any atom is -0.467 e. The monoisotopic (exact) mass is 816 g/mol. The highest BCUT2D eigenvalue weighted by atomic mass is 16.6. The van der Waals surface area contributed by atoms with E-state index < -0.39 is 6.10 Å². The van der Waals surface area contributed by atoms with Gasteiger partial charge >= 0.3 is 5.97 Å². The van der Waals surface area contributed by atoms with Crippen LogP contribution in [0.25, 0.3) is 11.4 Å². The molecule has 2 aliphatic carbocycles. The summed E-state index contributed by atoms with van der Waals surface area (Å²) in [4.78, 5) is 39.4. The molecule has 0 saturated carbocycles. The summed E-state index contributed by atoms with van der Waals surface area (Å²) < 4.78 is 22.7. The van der Waals surface area contributed by atoms with Crippen molar-refractivity contribution in [3.63, 3.8) is 0 Å². The van der Waals surface area contributed by atoms with Crippen molar-refractivity contribution >= 4 is 23.6 Å². The number of nitrogens with one attached hydrogen (secondary N) is 2. The third-order valence-corrected chi connectivity index (χ3v) is 9.68. The number of carbonyl (C=O) groups excluding carboxylic acids is 3. The SMILES string of the molecule is C.C.COC(=O)C(C)OC.COC(C)c1nc(-c2ccc3c(c2)CC[C@H]3NC(=O)c2cnn(C)c2)no1.Cn1cc(C(=O)N[C@@H]2CCc3cc(/C(N)=N/O)ccc32)cn1. The van der Waals surface area contributed by atoms with Gasteiger partial charge in [0.25, 0.3) is 17.7 Å². The van der Waals surface area contributed by atoms with Gasteiger partial charge in [-0.05, 0) is 73.9 Å². The van der Waals surface area contributed by atoms with Crippen LogP contribution in [0.15, 0.2) is 70.9 Å². The molecule has 5 N–H and O–H groups in total. The summed E-state index contributed by atoms with van der Waals surface area (Å²) in [7, 11) is 7.96. The molecule has 0 saturated heterocycles. The van der Waals surface area contributed by atoms with Crippen LogP contribution in [0.5, 0.6) is 0 Å². The van der Waals surface area contributed by atoms with Crippen LogP contribution < -0.4 is 16.4 Å². The second kappa shape index (κ2) is 21.4. The number of aromatic nitrogens is 6. The Balaban J connectivity index is 0.000000263. The van der Waals surface area contributed by atoms with Crippen molar-refractivity contribution in [3.05, 3.63) is 106 Å². The Morgan fingerprint density at radius 2 is 1.39 bits per heavy atom. The number of carbonyl (C=O) groups is 3. The van der Waals surface area contributed by atoms with E-state index in [4.69, 9.17) is 20.2 Å². The maximum atomic E-state index is 12.4. The number of rotatable bonds is 10. The van der Waals surface area contributed by atoms with Crippen molar-refractivity contribution in [2.24, 2.45) is 25.0 Å². The summed E-state index contributed by atoms with van der Waals surface area (Å²) in [6.07, 6.45) is 9.27. The molecule has 4 atom stereocenters. The summed E-state index contributed by atoms with van der Waals surface area (Å²) >= 11 is 0. The topological polar surface area (TPSA) is 236 Å². The molecule has 3 heterocycles. The van der Waals surface area contributed by atoms with Gasteiger partial charge < -0.3 is 40.3 Å². The highest BCUT2D eigenvalue weighted by Gasteiger charge is 2.27. The Bertz CT molecular complexity index is 2210. The van der Waals surface area contributed by atoms with Gasteiger partial charge in [-0.25, -0.2) is 4.79 Å². The molecule has 0 spiro atoms. The zero-order valence-electron chi connectivity index (χ0n) is 32.9. The van der Waals surface area contributed by atoms with Gasteiger partial charge in [0.15, 0.2) is 11.9 Å². The van der Waals surface area contributed by atoms with Gasteiger partial charge in [0.05, 0.1) is 42.7 Å². The van der Waals surface area contributed by atoms with Crippen LogP contribution in [0.3, 0.4) is 0 Å². The normalized spacial score (nSPS) is 15.9. The summed E-state index contributed by atoms with van der Waals surface area (Å²) in [6, 6.07) is 11.6. The fraction of sp³-hybridized carbons (Fsp3) is 0.415. The van der Waals surface area contributed by atoms with Crippen LogP contribution in [0.2, 0.25) is 0 Å². The van der Waals surface area contributed by atoms with Crippen molar-refractivity contribution in [2.75, 3.05) is 21.3 Å². The molecule has 3 aromatic heterocycles. The number of nitrogens with two attached hydrogens (primary N) is 1. The second-order valence-electron chi connectivity index (χ2n) is 13.5. The van der Waals surface area contributed by atoms with Crippen LogP contribution in [0.4, 0.5) is 0 Å². The number of oxime groups is 1. The molecule has 0 aliphatic heterocycles. The van der Waals surface area contributed by atoms with Gasteiger partial charge in [0, 0.05) is 51.8 Å². The number of hydrogen-bond donors (Lipinski definition) is 4. The van der Waals surface area contributed by atoms with E-state index >= 15 is 0 Å². The molecule has 18 nitrogen and oxygen atoms in total. The lowest BCUT2D eigenvalue weighted by atomic mass is 10.0. The number of benzene rings is 2. The molecule has 7 rings (SSSR count). The molecular weight excluding hydrogens is 761 g/mol. The van der Waals surface area contributed by atoms with Gasteiger partial charge in [-0.3, -0.25) is 19.0 Å². The zero-order chi connectivity index (χ0) is 41.2. The Kier molecular flexibility index (Phi) is 17.0. The number of esters is 1. The first kappa shape index (κ1) is 47.0. The van der Waals surface area contributed by atoms with E-state index in [9.17, 15) is 14.4 Å². The highest BCUT2D eigenvalue weighted by Crippen LogP contribution is 2.34. The van der Waals surface area contributed by atoms with Crippen molar-refractivity contribution in [2.45, 2.75) is 78.7 Å². The molecule has 2 amide bonds. The van der Waals surface area contributed by atoms with E-state index in [0.29, 0.717) is 28.4 Å². The Labute approximate surface area is 344 Å². The molecule has 318 valence electrons. The molecule has 18 heteroatoms. The van der Waals surface area contributed by atoms with Gasteiger partial charge in [0.2, 0.25) is 5.82 Å². The molecule has 59 heavy (non-hydrogen) atoms. The van der Waals surface area contributed by atoms with Crippen LogP contribution in [0, 0.1) is 0 Å². The second-order valence-corrected chi connectivity index (χ2v) is 13.5. The van der Waals surface area contributed by atoms with E-state index in [1.807, 2.05) is 31.2 Å². The van der Waals surface area contributed by atoms with Crippen molar-refractivity contribution in [3.8, 4) is 11.4 Å². The van der Waals surface area contributed by atoms with E-state index in [2.05, 4.69) is 51.7 Å². The van der Waals surface area contributed by atoms with Gasteiger partial charge in [-0.1, -0.05) is 49.4 Å². The largest absolute Gasteiger partial charge is 0.467 e. The van der Waals surface area contributed by atoms with Crippen LogP contribution >= 0.6 is 0 Å². The lowest BCUT2D eigenvalue weighted by Gasteiger charge is -2.13. The minimum atomic E-state index is -0.444. The van der Waals surface area contributed by atoms with Gasteiger partial charge in [-0.2, -0.15) is 15.2 Å². The number of amides is 2. The Hall–Kier alpha value is -6.40. The smallest absolute Gasteiger partial charge is 0.334 e. The first-order valence-corrected chi connectivity index (χ1v) is 18.2. The fourth-order valence-corrected chi connectivity index (χ4v) is 6.33. The summed E-state index contributed by atoms with van der Waals surface area (Å²) in [5.41, 5.74) is 12.8. The van der Waals surface area contributed by atoms with E-state index in [1.54, 1.807) is 68.3 Å². The first-order valence-electron chi connectivity index (χ1n) is 18.2. The van der Waals surface area contributed by atoms with E-state index in [1.165, 1.54) is 19.8 Å². The van der Waals surface area contributed by atoms with E-state index in [0.717, 1.165) is 47.9 Å². The average Bonchev–Trinajstić information content (AvgIpc) is 4.09. The van der Waals surface area contributed by atoms with Gasteiger partial charge in [-0.15, -0.1) is 0 Å². The van der Waals surface area contributed by atoms with Crippen LogP contribution in [0.1, 0.15) is 114 Å². The predicted molar refractivity (Wildman–Crippen MR) is 220 cm³/mol. The summed E-state index contributed by atoms with van der Waals surface area (Å²) in [6.45, 7) is 3.49. The van der Waals surface area contributed by atoms with Crippen molar-refractivity contribution in [1.82, 2.24) is 40.3 Å². The molecule has 0 radical (unpaired) electrons. The Morgan fingerprint density at radius 3 is 1.85 bits per heavy atom. The number of aryl methyl sites for hydroxylation is 4. The average molecular weight is 817 g/mol. The molecule has 0 bridgehead atoms. The number of amidine groups is 1. The van der Waals surface area contributed by atoms with Gasteiger partial charge in [0.1, 0.15) is 6.10 Å². The predicted octanol–water partition coefficient (Wildman–Crippen LogP) is 4.99. The number of nitrogens with zero attached hydrogens (tertiary/aromatic N) is 7. The summed E-state index contributed by atoms with van der Waals surface area (Å²) in [5.74, 6) is 0.500. The molecule has 2 aliphatic rings. The first-order chi connectivity index (χ1) is 27.3. The standard InChI is InChI=1S/C19H21N5O3.C15H17N5O2.C5H10O3.2CH4/c1-11(26-3)19-22-17(23-27-19)13-4-6-15-12(8-13)5-7-16(15)21-18(25)14-9-20-24(2)10-14;1-20-8-11(7-17-20)15(21)18-13-5-3-9-6-10(14(16)19-22)2-4-12(9)13;1-4(7-2)5(6)8-3;;/h4,6,8-11,16H,5,7H2,1-3H3,(H,21,25);2,4,6-8,13,22H,3,5H2,1H3,(H2,16,19)(H,18,21);4H,1-3H3;2*1H4/t11?,16-;13-;;;/m11.../s1. The summed E-state index contributed by atoms with van der Waals surface area (Å²) in [5, 5.41) is 30.0. The highest BCUT2D eigenvalue weighted by molar-refractivity contribution is 5.97. The van der Waals surface area contributed by atoms with E-state index in [-0.39, 0.29) is 56.7 Å². The fourth-order valence-electron chi connectivity index (χ4n) is 6.33. The maximum Gasteiger partial charge on any atom is 0.334 e. The molecule has 5 aromatic rings. The number of fused-ring (bicyclic) bond motifs is 2. The quantitative estimate of drug-likeness (QED) is 0.0479. The molecule has 2 aromatic carbocycles. The van der Waals surface area contributed by atoms with Crippen molar-refractivity contribution < 1.29 is 38.3 Å². The Morgan fingerprint density at radius 1 is 0.847 bits per heavy atom. The number of ether oxygens (including phenoxy) is 3. The molecule has 2 unspecified atom stereocenters. The number of methoxy groups -OCH3 is 3.